The van der Waals surface area contributed by atoms with Crippen LogP contribution < -0.4 is 16.0 Å². The van der Waals surface area contributed by atoms with Gasteiger partial charge in [-0.1, -0.05) is 0 Å². The molecule has 0 bridgehead atoms. The molecule has 0 saturated carbocycles. The first-order chi connectivity index (χ1) is 8.10. The molecule has 2 aromatic rings. The number of hydrogen-bond acceptors (Lipinski definition) is 6. The van der Waals surface area contributed by atoms with E-state index in [1.165, 1.54) is 0 Å². The van der Waals surface area contributed by atoms with Crippen molar-refractivity contribution in [3.8, 4) is 11.8 Å². The summed E-state index contributed by atoms with van der Waals surface area (Å²) in [5, 5.41) is 6.77. The molecule has 2 rings (SSSR count). The molecular formula is C10H14N6O. The Hall–Kier alpha value is -2.15. The van der Waals surface area contributed by atoms with Crippen LogP contribution in [0.4, 0.5) is 5.82 Å². The van der Waals surface area contributed by atoms with Crippen LogP contribution >= 0.6 is 0 Å². The highest BCUT2D eigenvalue weighted by Gasteiger charge is 2.11. The van der Waals surface area contributed by atoms with Crippen LogP contribution in [0, 0.1) is 20.8 Å². The van der Waals surface area contributed by atoms with Crippen LogP contribution in [0.2, 0.25) is 0 Å². The highest BCUT2D eigenvalue weighted by molar-refractivity contribution is 5.48. The lowest BCUT2D eigenvalue weighted by molar-refractivity contribution is 0.437. The molecule has 7 heteroatoms. The summed E-state index contributed by atoms with van der Waals surface area (Å²) < 4.78 is 5.56. The Balaban J connectivity index is 2.35. The summed E-state index contributed by atoms with van der Waals surface area (Å²) in [5.41, 5.74) is 4.16. The van der Waals surface area contributed by atoms with Crippen molar-refractivity contribution >= 4 is 5.82 Å². The minimum absolute atomic E-state index is 0.442. The Morgan fingerprint density at radius 1 is 1.29 bits per heavy atom. The molecule has 0 aliphatic rings. The van der Waals surface area contributed by atoms with Crippen molar-refractivity contribution in [1.82, 2.24) is 20.2 Å². The van der Waals surface area contributed by atoms with Gasteiger partial charge >= 0.3 is 0 Å². The summed E-state index contributed by atoms with van der Waals surface area (Å²) in [6.45, 7) is 5.48. The largest absolute Gasteiger partial charge is 0.419 e. The fourth-order valence-electron chi connectivity index (χ4n) is 1.39. The number of ether oxygens (including phenoxy) is 1. The Morgan fingerprint density at radius 2 is 2.06 bits per heavy atom. The topological polar surface area (TPSA) is 102 Å². The minimum atomic E-state index is 0.442. The second-order valence-corrected chi connectivity index (χ2v) is 3.69. The number of hydrazine groups is 1. The molecule has 0 aliphatic carbocycles. The van der Waals surface area contributed by atoms with E-state index in [4.69, 9.17) is 10.6 Å². The van der Waals surface area contributed by atoms with Crippen molar-refractivity contribution in [1.29, 1.82) is 0 Å². The van der Waals surface area contributed by atoms with Crippen molar-refractivity contribution in [2.45, 2.75) is 20.8 Å². The number of hydrogen-bond donors (Lipinski definition) is 3. The zero-order valence-corrected chi connectivity index (χ0v) is 9.90. The lowest BCUT2D eigenvalue weighted by Crippen LogP contribution is -2.12. The van der Waals surface area contributed by atoms with Gasteiger partial charge in [0.25, 0.3) is 0 Å². The molecule has 0 saturated heterocycles. The third-order valence-corrected chi connectivity index (χ3v) is 2.23. The van der Waals surface area contributed by atoms with E-state index in [0.29, 0.717) is 23.4 Å². The Bertz CT molecular complexity index is 536. The molecule has 0 amide bonds. The van der Waals surface area contributed by atoms with Gasteiger partial charge in [0.05, 0.1) is 5.56 Å². The summed E-state index contributed by atoms with van der Waals surface area (Å²) in [6, 6.07) is 1.78. The van der Waals surface area contributed by atoms with Gasteiger partial charge in [0.1, 0.15) is 11.6 Å². The minimum Gasteiger partial charge on any atom is -0.419 e. The third-order valence-electron chi connectivity index (χ3n) is 2.23. The number of nitrogen functional groups attached to an aromatic ring is 1. The number of nitrogens with two attached hydrogens (primary N) is 1. The first-order valence-corrected chi connectivity index (χ1v) is 5.12. The summed E-state index contributed by atoms with van der Waals surface area (Å²) in [6.07, 6.45) is 0. The number of aromatic amines is 1. The smallest absolute Gasteiger partial charge is 0.240 e. The number of aromatic nitrogens is 4. The predicted molar refractivity (Wildman–Crippen MR) is 62.7 cm³/mol. The normalized spacial score (nSPS) is 10.4. The van der Waals surface area contributed by atoms with Crippen molar-refractivity contribution in [2.24, 2.45) is 5.84 Å². The number of anilines is 1. The molecule has 0 atom stereocenters. The maximum absolute atomic E-state index is 5.56. The molecule has 7 nitrogen and oxygen atoms in total. The van der Waals surface area contributed by atoms with Gasteiger partial charge in [-0.05, 0) is 20.8 Å². The zero-order chi connectivity index (χ0) is 12.4. The zero-order valence-electron chi connectivity index (χ0n) is 9.90. The maximum Gasteiger partial charge on any atom is 0.240 e. The van der Waals surface area contributed by atoms with E-state index in [2.05, 4.69) is 25.6 Å². The number of H-pyrrole nitrogens is 1. The van der Waals surface area contributed by atoms with Gasteiger partial charge < -0.3 is 10.2 Å². The monoisotopic (exact) mass is 234 g/mol. The molecule has 90 valence electrons. The molecule has 17 heavy (non-hydrogen) atoms. The van der Waals surface area contributed by atoms with Gasteiger partial charge in [-0.3, -0.25) is 5.10 Å². The molecule has 0 unspecified atom stereocenters. The van der Waals surface area contributed by atoms with E-state index in [9.17, 15) is 0 Å². The second-order valence-electron chi connectivity index (χ2n) is 3.69. The van der Waals surface area contributed by atoms with Crippen LogP contribution in [0.5, 0.6) is 11.8 Å². The second kappa shape index (κ2) is 4.38. The molecule has 2 aromatic heterocycles. The van der Waals surface area contributed by atoms with Gasteiger partial charge in [-0.15, -0.1) is 5.10 Å². The van der Waals surface area contributed by atoms with E-state index in [-0.39, 0.29) is 0 Å². The van der Waals surface area contributed by atoms with Crippen LogP contribution in [0.25, 0.3) is 0 Å². The summed E-state index contributed by atoms with van der Waals surface area (Å²) in [5.74, 6) is 7.39. The number of rotatable bonds is 3. The van der Waals surface area contributed by atoms with Gasteiger partial charge in [-0.2, -0.15) is 4.98 Å². The van der Waals surface area contributed by atoms with Crippen LogP contribution in [-0.2, 0) is 0 Å². The lowest BCUT2D eigenvalue weighted by Gasteiger charge is -2.09. The van der Waals surface area contributed by atoms with Crippen LogP contribution in [0.1, 0.15) is 17.1 Å². The first kappa shape index (κ1) is 11.3. The molecule has 2 heterocycles. The quantitative estimate of drug-likeness (QED) is 0.545. The molecule has 0 spiro atoms. The van der Waals surface area contributed by atoms with Gasteiger partial charge in [0.15, 0.2) is 0 Å². The Morgan fingerprint density at radius 3 is 2.65 bits per heavy atom. The summed E-state index contributed by atoms with van der Waals surface area (Å²) in [7, 11) is 0. The van der Waals surface area contributed by atoms with Gasteiger partial charge in [0.2, 0.25) is 11.8 Å². The van der Waals surface area contributed by atoms with Crippen LogP contribution in [0.15, 0.2) is 6.07 Å². The highest BCUT2D eigenvalue weighted by atomic mass is 16.5. The maximum atomic E-state index is 5.56. The van der Waals surface area contributed by atoms with Crippen molar-refractivity contribution in [3.63, 3.8) is 0 Å². The van der Waals surface area contributed by atoms with Crippen LogP contribution in [-0.4, -0.2) is 20.2 Å². The van der Waals surface area contributed by atoms with Gasteiger partial charge in [0, 0.05) is 11.8 Å². The van der Waals surface area contributed by atoms with Crippen LogP contribution in [0.3, 0.4) is 0 Å². The molecular weight excluding hydrogens is 220 g/mol. The highest BCUT2D eigenvalue weighted by Crippen LogP contribution is 2.25. The van der Waals surface area contributed by atoms with E-state index in [1.807, 2.05) is 13.8 Å². The molecule has 0 aromatic carbocycles. The SMILES string of the molecule is Cc1nc(NN)c(C)c(Oc2cc(C)[nH]n2)n1. The van der Waals surface area contributed by atoms with Crippen molar-refractivity contribution < 1.29 is 4.74 Å². The van der Waals surface area contributed by atoms with E-state index in [1.54, 1.807) is 13.0 Å². The fourth-order valence-corrected chi connectivity index (χ4v) is 1.39. The molecule has 4 N–H and O–H groups in total. The number of nitrogens with zero attached hydrogens (tertiary/aromatic N) is 3. The predicted octanol–water partition coefficient (Wildman–Crippen LogP) is 1.20. The lowest BCUT2D eigenvalue weighted by atomic mass is 10.3. The molecule has 0 aliphatic heterocycles. The Labute approximate surface area is 98.4 Å². The third kappa shape index (κ3) is 2.34. The van der Waals surface area contributed by atoms with Crippen molar-refractivity contribution in [3.05, 3.63) is 23.1 Å². The average molecular weight is 234 g/mol. The Kier molecular flexibility index (Phi) is 2.92. The molecule has 0 radical (unpaired) electrons. The first-order valence-electron chi connectivity index (χ1n) is 5.12. The summed E-state index contributed by atoms with van der Waals surface area (Å²) >= 11 is 0. The standard InChI is InChI=1S/C10H14N6O/c1-5-4-8(16-15-5)17-10-6(2)9(14-11)12-7(3)13-10/h4H,11H2,1-3H3,(H,15,16)(H,12,13,14). The molecule has 0 fully saturated rings. The van der Waals surface area contributed by atoms with E-state index >= 15 is 0 Å². The van der Waals surface area contributed by atoms with Crippen molar-refractivity contribution in [2.75, 3.05) is 5.43 Å². The van der Waals surface area contributed by atoms with E-state index in [0.717, 1.165) is 11.3 Å². The average Bonchev–Trinajstić information content (AvgIpc) is 2.69. The number of aryl methyl sites for hydroxylation is 2. The number of nitrogens with one attached hydrogen (secondary N) is 2. The van der Waals surface area contributed by atoms with Gasteiger partial charge in [-0.25, -0.2) is 10.8 Å². The fraction of sp³-hybridized carbons (Fsp3) is 0.300. The summed E-state index contributed by atoms with van der Waals surface area (Å²) in [4.78, 5) is 8.35. The van der Waals surface area contributed by atoms with E-state index < -0.39 is 0 Å².